The summed E-state index contributed by atoms with van der Waals surface area (Å²) in [5, 5.41) is -1.40. The van der Waals surface area contributed by atoms with E-state index in [4.69, 9.17) is 18.1 Å². The Morgan fingerprint density at radius 1 is 1.20 bits per heavy atom. The Morgan fingerprint density at radius 2 is 1.80 bits per heavy atom. The summed E-state index contributed by atoms with van der Waals surface area (Å²) >= 11 is 0. The van der Waals surface area contributed by atoms with Crippen LogP contribution < -0.4 is 0 Å². The van der Waals surface area contributed by atoms with Crippen molar-refractivity contribution in [1.82, 2.24) is 0 Å². The molecule has 0 saturated carbocycles. The van der Waals surface area contributed by atoms with Crippen LogP contribution in [0, 0.1) is 0 Å². The zero-order valence-electron chi connectivity index (χ0n) is 11.6. The minimum Gasteiger partial charge on any atom is -0.312 e. The average Bonchev–Trinajstić information content (AvgIpc) is 2.88. The van der Waals surface area contributed by atoms with Gasteiger partial charge in [0.15, 0.2) is 0 Å². The second-order valence-electron chi connectivity index (χ2n) is 4.37. The molecule has 1 aromatic carbocycles. The molecular weight excluding hydrogens is 302 g/mol. The number of hydrogen-bond donors (Lipinski definition) is 0. The lowest BCUT2D eigenvalue weighted by molar-refractivity contribution is 0.104. The molecule has 112 valence electrons. The number of rotatable bonds is 5. The van der Waals surface area contributed by atoms with Crippen molar-refractivity contribution in [1.29, 1.82) is 0 Å². The largest absolute Gasteiger partial charge is 0.366 e. The Bertz CT molecular complexity index is 552. The van der Waals surface area contributed by atoms with Gasteiger partial charge in [-0.3, -0.25) is 13.7 Å². The van der Waals surface area contributed by atoms with E-state index in [0.717, 1.165) is 0 Å². The molecule has 2 rings (SSSR count). The van der Waals surface area contributed by atoms with Crippen molar-refractivity contribution in [3.63, 3.8) is 0 Å². The van der Waals surface area contributed by atoms with Crippen molar-refractivity contribution in [2.45, 2.75) is 11.8 Å². The quantitative estimate of drug-likeness (QED) is 0.772. The van der Waals surface area contributed by atoms with Crippen molar-refractivity contribution in [2.75, 3.05) is 27.5 Å². The van der Waals surface area contributed by atoms with E-state index < -0.39 is 20.5 Å². The van der Waals surface area contributed by atoms with Crippen molar-refractivity contribution in [3.05, 3.63) is 35.9 Å². The molecule has 2 unspecified atom stereocenters. The van der Waals surface area contributed by atoms with Crippen LogP contribution >= 0.6 is 15.2 Å². The maximum absolute atomic E-state index is 12.9. The third kappa shape index (κ3) is 2.41. The molecule has 2 atom stereocenters. The van der Waals surface area contributed by atoms with Crippen LogP contribution in [0.1, 0.15) is 12.0 Å². The fourth-order valence-corrected chi connectivity index (χ4v) is 6.48. The van der Waals surface area contributed by atoms with E-state index in [0.29, 0.717) is 5.56 Å². The van der Waals surface area contributed by atoms with E-state index in [1.165, 1.54) is 21.3 Å². The van der Waals surface area contributed by atoms with Gasteiger partial charge in [0, 0.05) is 27.8 Å². The van der Waals surface area contributed by atoms with Crippen molar-refractivity contribution < 1.29 is 27.2 Å². The smallest absolute Gasteiger partial charge is 0.312 e. The molecule has 0 amide bonds. The minimum atomic E-state index is -3.65. The zero-order chi connectivity index (χ0) is 14.9. The van der Waals surface area contributed by atoms with Crippen molar-refractivity contribution in [3.8, 4) is 0 Å². The lowest BCUT2D eigenvalue weighted by Gasteiger charge is -2.33. The van der Waals surface area contributed by atoms with Gasteiger partial charge in [0.2, 0.25) is 5.34 Å². The molecule has 1 saturated heterocycles. The topological polar surface area (TPSA) is 71.1 Å². The standard InChI is InChI=1S/C12H18O6P2/c1-15-19(13)10-9-12(18-19,20(14,16-2)17-3)11-7-5-4-6-8-11/h4-8H,9-10H2,1-3H3. The Hall–Kier alpha value is -0.480. The van der Waals surface area contributed by atoms with E-state index >= 15 is 0 Å². The summed E-state index contributed by atoms with van der Waals surface area (Å²) in [6.45, 7) is 0. The van der Waals surface area contributed by atoms with Crippen LogP contribution in [0.15, 0.2) is 30.3 Å². The predicted octanol–water partition coefficient (Wildman–Crippen LogP) is 3.59. The van der Waals surface area contributed by atoms with Gasteiger partial charge in [0.25, 0.3) is 0 Å². The summed E-state index contributed by atoms with van der Waals surface area (Å²) in [6, 6.07) is 8.89. The van der Waals surface area contributed by atoms with Crippen LogP contribution in [-0.4, -0.2) is 27.5 Å². The van der Waals surface area contributed by atoms with Crippen LogP contribution in [0.25, 0.3) is 0 Å². The van der Waals surface area contributed by atoms with Crippen LogP contribution in [-0.2, 0) is 32.6 Å². The molecule has 1 aromatic rings. The van der Waals surface area contributed by atoms with Gasteiger partial charge in [-0.2, -0.15) is 0 Å². The van der Waals surface area contributed by atoms with E-state index in [1.54, 1.807) is 24.3 Å². The second-order valence-corrected chi connectivity index (χ2v) is 9.04. The Morgan fingerprint density at radius 3 is 2.25 bits per heavy atom. The molecule has 0 aromatic heterocycles. The number of benzene rings is 1. The second kappa shape index (κ2) is 5.72. The number of hydrogen-bond acceptors (Lipinski definition) is 6. The van der Waals surface area contributed by atoms with Gasteiger partial charge in [-0.15, -0.1) is 0 Å². The summed E-state index contributed by atoms with van der Waals surface area (Å²) in [6.07, 6.45) is 0.399. The summed E-state index contributed by atoms with van der Waals surface area (Å²) in [5.41, 5.74) is 0.599. The molecule has 0 N–H and O–H groups in total. The predicted molar refractivity (Wildman–Crippen MR) is 74.9 cm³/mol. The minimum absolute atomic E-state index is 0.162. The first-order valence-corrected chi connectivity index (χ1v) is 9.35. The van der Waals surface area contributed by atoms with E-state index in [-0.39, 0.29) is 12.6 Å². The highest BCUT2D eigenvalue weighted by Crippen LogP contribution is 2.76. The maximum atomic E-state index is 12.9. The first-order chi connectivity index (χ1) is 9.45. The first kappa shape index (κ1) is 15.9. The highest BCUT2D eigenvalue weighted by atomic mass is 31.2. The molecule has 1 aliphatic rings. The van der Waals surface area contributed by atoms with E-state index in [2.05, 4.69) is 0 Å². The summed E-state index contributed by atoms with van der Waals surface area (Å²) in [7, 11) is -3.06. The van der Waals surface area contributed by atoms with Gasteiger partial charge < -0.3 is 13.6 Å². The van der Waals surface area contributed by atoms with E-state index in [1.807, 2.05) is 6.07 Å². The third-order valence-electron chi connectivity index (χ3n) is 3.44. The normalized spacial score (nSPS) is 30.6. The SMILES string of the molecule is COP1(=O)CCC(c2ccccc2)(P(=O)(OC)OC)O1. The lowest BCUT2D eigenvalue weighted by atomic mass is 10.1. The summed E-state index contributed by atoms with van der Waals surface area (Å²) in [5.74, 6) is 0. The molecule has 0 spiro atoms. The molecule has 20 heavy (non-hydrogen) atoms. The van der Waals surface area contributed by atoms with Crippen LogP contribution in [0.5, 0.6) is 0 Å². The highest BCUT2D eigenvalue weighted by molar-refractivity contribution is 7.58. The summed E-state index contributed by atoms with van der Waals surface area (Å²) in [4.78, 5) is 0. The molecule has 6 nitrogen and oxygen atoms in total. The van der Waals surface area contributed by atoms with Crippen LogP contribution in [0.3, 0.4) is 0 Å². The van der Waals surface area contributed by atoms with Gasteiger partial charge >= 0.3 is 15.2 Å². The Kier molecular flexibility index (Phi) is 4.55. The fraction of sp³-hybridized carbons (Fsp3) is 0.500. The highest BCUT2D eigenvalue weighted by Gasteiger charge is 2.61. The van der Waals surface area contributed by atoms with E-state index in [9.17, 15) is 9.13 Å². The van der Waals surface area contributed by atoms with Crippen LogP contribution in [0.4, 0.5) is 0 Å². The maximum Gasteiger partial charge on any atom is 0.366 e. The fourth-order valence-electron chi connectivity index (χ4n) is 2.35. The van der Waals surface area contributed by atoms with Gasteiger partial charge in [0.1, 0.15) is 0 Å². The molecular formula is C12H18O6P2. The molecule has 1 fully saturated rings. The van der Waals surface area contributed by atoms with Crippen LogP contribution in [0.2, 0.25) is 0 Å². The Labute approximate surface area is 118 Å². The third-order valence-corrected chi connectivity index (χ3v) is 7.92. The van der Waals surface area contributed by atoms with Gasteiger partial charge in [-0.25, -0.2) is 0 Å². The molecule has 0 aliphatic carbocycles. The van der Waals surface area contributed by atoms with Crippen molar-refractivity contribution >= 4 is 15.2 Å². The summed E-state index contributed by atoms with van der Waals surface area (Å²) < 4.78 is 46.1. The molecule has 1 heterocycles. The van der Waals surface area contributed by atoms with Gasteiger partial charge in [0.05, 0.1) is 6.16 Å². The van der Waals surface area contributed by atoms with Crippen molar-refractivity contribution in [2.24, 2.45) is 0 Å². The first-order valence-electron chi connectivity index (χ1n) is 6.08. The molecule has 0 bridgehead atoms. The van der Waals surface area contributed by atoms with Gasteiger partial charge in [-0.1, -0.05) is 30.3 Å². The zero-order valence-corrected chi connectivity index (χ0v) is 13.4. The lowest BCUT2D eigenvalue weighted by Crippen LogP contribution is -2.26. The molecule has 1 aliphatic heterocycles. The average molecular weight is 320 g/mol. The van der Waals surface area contributed by atoms with Gasteiger partial charge in [-0.05, 0) is 5.56 Å². The molecule has 0 radical (unpaired) electrons. The molecule has 8 heteroatoms. The Balaban J connectivity index is 2.58. The monoisotopic (exact) mass is 320 g/mol.